The lowest BCUT2D eigenvalue weighted by atomic mass is 10.1. The summed E-state index contributed by atoms with van der Waals surface area (Å²) in [6, 6.07) is 12.1. The topological polar surface area (TPSA) is 84.6 Å². The molecule has 0 atom stereocenters. The van der Waals surface area contributed by atoms with Gasteiger partial charge in [0.05, 0.1) is 12.1 Å². The molecule has 5 nitrogen and oxygen atoms in total. The fraction of sp³-hybridized carbons (Fsp3) is 0.118. The Bertz CT molecular complexity index is 755. The molecule has 2 rings (SSSR count). The zero-order chi connectivity index (χ0) is 16.8. The molecule has 0 aliphatic heterocycles. The maximum absolute atomic E-state index is 12.8. The largest absolute Gasteiger partial charge is 0.387 e. The van der Waals surface area contributed by atoms with Gasteiger partial charge in [0.1, 0.15) is 11.7 Å². The first-order valence-electron chi connectivity index (χ1n) is 6.93. The minimum Gasteiger partial charge on any atom is -0.387 e. The van der Waals surface area contributed by atoms with Crippen molar-refractivity contribution in [3.63, 3.8) is 0 Å². The van der Waals surface area contributed by atoms with Crippen molar-refractivity contribution in [3.8, 4) is 0 Å². The second-order valence-corrected chi connectivity index (χ2v) is 4.94. The van der Waals surface area contributed by atoms with E-state index in [1.807, 2.05) is 0 Å². The predicted molar refractivity (Wildman–Crippen MR) is 87.4 cm³/mol. The van der Waals surface area contributed by atoms with Gasteiger partial charge in [-0.2, -0.15) is 0 Å². The summed E-state index contributed by atoms with van der Waals surface area (Å²) in [5, 5.41) is 2.64. The number of nitrogens with zero attached hydrogens (tertiary/aromatic N) is 1. The van der Waals surface area contributed by atoms with E-state index in [9.17, 15) is 14.0 Å². The third-order valence-corrected chi connectivity index (χ3v) is 2.95. The normalized spacial score (nSPS) is 11.1. The number of benzene rings is 2. The van der Waals surface area contributed by atoms with Crippen LogP contribution in [0.15, 0.2) is 53.5 Å². The molecule has 23 heavy (non-hydrogen) atoms. The summed E-state index contributed by atoms with van der Waals surface area (Å²) in [6.45, 7) is 1.41. The molecular weight excluding hydrogens is 297 g/mol. The fourth-order valence-corrected chi connectivity index (χ4v) is 1.96. The zero-order valence-corrected chi connectivity index (χ0v) is 12.5. The number of amides is 1. The number of ketones is 1. The molecule has 0 aliphatic rings. The summed E-state index contributed by atoms with van der Waals surface area (Å²) in [7, 11) is 0. The van der Waals surface area contributed by atoms with Gasteiger partial charge in [-0.3, -0.25) is 9.59 Å². The number of anilines is 1. The maximum atomic E-state index is 12.8. The summed E-state index contributed by atoms with van der Waals surface area (Å²) in [4.78, 5) is 27.2. The molecule has 0 saturated carbocycles. The predicted octanol–water partition coefficient (Wildman–Crippen LogP) is 3.05. The number of carbonyl (C=O) groups is 2. The van der Waals surface area contributed by atoms with Gasteiger partial charge in [0, 0.05) is 18.2 Å². The van der Waals surface area contributed by atoms with Gasteiger partial charge in [0.25, 0.3) is 0 Å². The molecule has 6 heteroatoms. The third-order valence-electron chi connectivity index (χ3n) is 2.95. The van der Waals surface area contributed by atoms with E-state index in [4.69, 9.17) is 5.73 Å². The third kappa shape index (κ3) is 5.03. The second-order valence-electron chi connectivity index (χ2n) is 4.94. The van der Waals surface area contributed by atoms with E-state index in [-0.39, 0.29) is 23.9 Å². The van der Waals surface area contributed by atoms with Crippen LogP contribution in [-0.4, -0.2) is 17.5 Å². The molecular formula is C17H16FN3O2. The molecule has 0 fully saturated rings. The van der Waals surface area contributed by atoms with Gasteiger partial charge in [-0.05, 0) is 42.5 Å². The van der Waals surface area contributed by atoms with Crippen LogP contribution in [0.3, 0.4) is 0 Å². The number of nitrogens with one attached hydrogen (secondary N) is 1. The molecule has 0 heterocycles. The number of rotatable bonds is 5. The van der Waals surface area contributed by atoms with Gasteiger partial charge in [-0.1, -0.05) is 6.07 Å². The van der Waals surface area contributed by atoms with E-state index < -0.39 is 5.82 Å². The first kappa shape index (κ1) is 16.4. The van der Waals surface area contributed by atoms with Gasteiger partial charge < -0.3 is 11.1 Å². The van der Waals surface area contributed by atoms with E-state index in [0.717, 1.165) is 0 Å². The summed E-state index contributed by atoms with van der Waals surface area (Å²) in [6.07, 6.45) is -0.0734. The number of nitrogens with two attached hydrogens (primary N) is 1. The highest BCUT2D eigenvalue weighted by Gasteiger charge is 2.08. The monoisotopic (exact) mass is 313 g/mol. The molecule has 3 N–H and O–H groups in total. The lowest BCUT2D eigenvalue weighted by molar-refractivity contribution is -0.114. The summed E-state index contributed by atoms with van der Waals surface area (Å²) < 4.78 is 12.8. The first-order chi connectivity index (χ1) is 10.9. The smallest absolute Gasteiger partial charge is 0.221 e. The van der Waals surface area contributed by atoms with Gasteiger partial charge in [0.2, 0.25) is 5.91 Å². The SMILES string of the molecule is CC(=O)Nc1cccc(N=C(N)CC(=O)c2ccc(F)cc2)c1. The Labute approximate surface area is 133 Å². The minimum atomic E-state index is -0.405. The van der Waals surface area contributed by atoms with Crippen molar-refractivity contribution >= 4 is 28.9 Å². The van der Waals surface area contributed by atoms with E-state index in [0.29, 0.717) is 16.9 Å². The van der Waals surface area contributed by atoms with Crippen molar-refractivity contribution in [2.24, 2.45) is 10.7 Å². The lowest BCUT2D eigenvalue weighted by Gasteiger charge is -2.04. The van der Waals surface area contributed by atoms with E-state index in [2.05, 4.69) is 10.3 Å². The van der Waals surface area contributed by atoms with Crippen molar-refractivity contribution in [2.75, 3.05) is 5.32 Å². The van der Waals surface area contributed by atoms with Crippen molar-refractivity contribution in [2.45, 2.75) is 13.3 Å². The zero-order valence-electron chi connectivity index (χ0n) is 12.5. The van der Waals surface area contributed by atoms with Crippen LogP contribution in [0.4, 0.5) is 15.8 Å². The Morgan fingerprint density at radius 2 is 1.87 bits per heavy atom. The van der Waals surface area contributed by atoms with Gasteiger partial charge >= 0.3 is 0 Å². The van der Waals surface area contributed by atoms with Crippen LogP contribution < -0.4 is 11.1 Å². The van der Waals surface area contributed by atoms with Crippen LogP contribution >= 0.6 is 0 Å². The number of amidine groups is 1. The van der Waals surface area contributed by atoms with E-state index in [1.54, 1.807) is 24.3 Å². The highest BCUT2D eigenvalue weighted by molar-refractivity contribution is 6.09. The molecule has 0 saturated heterocycles. The Kier molecular flexibility index (Phi) is 5.19. The lowest BCUT2D eigenvalue weighted by Crippen LogP contribution is -2.16. The average Bonchev–Trinajstić information content (AvgIpc) is 2.47. The molecule has 0 unspecified atom stereocenters. The van der Waals surface area contributed by atoms with Gasteiger partial charge in [0.15, 0.2) is 5.78 Å². The maximum Gasteiger partial charge on any atom is 0.221 e. The summed E-state index contributed by atoms with van der Waals surface area (Å²) in [5.74, 6) is -0.702. The molecule has 118 valence electrons. The molecule has 0 aliphatic carbocycles. The van der Waals surface area contributed by atoms with Crippen LogP contribution in [-0.2, 0) is 4.79 Å². The summed E-state index contributed by atoms with van der Waals surface area (Å²) >= 11 is 0. The van der Waals surface area contributed by atoms with Crippen LogP contribution in [0, 0.1) is 5.82 Å². The number of Topliss-reactive ketones (excluding diaryl/α,β-unsaturated/α-hetero) is 1. The number of hydrogen-bond acceptors (Lipinski definition) is 3. The van der Waals surface area contributed by atoms with Crippen LogP contribution in [0.25, 0.3) is 0 Å². The van der Waals surface area contributed by atoms with Crippen molar-refractivity contribution in [1.29, 1.82) is 0 Å². The molecule has 0 aromatic heterocycles. The minimum absolute atomic E-state index is 0.0734. The molecule has 2 aromatic carbocycles. The van der Waals surface area contributed by atoms with Crippen LogP contribution in [0.5, 0.6) is 0 Å². The first-order valence-corrected chi connectivity index (χ1v) is 6.93. The highest BCUT2D eigenvalue weighted by atomic mass is 19.1. The Morgan fingerprint density at radius 1 is 1.17 bits per heavy atom. The molecule has 0 spiro atoms. The molecule has 1 amide bonds. The molecule has 0 bridgehead atoms. The quantitative estimate of drug-likeness (QED) is 0.505. The van der Waals surface area contributed by atoms with Crippen molar-refractivity contribution in [1.82, 2.24) is 0 Å². The van der Waals surface area contributed by atoms with E-state index >= 15 is 0 Å². The molecule has 2 aromatic rings. The number of carbonyl (C=O) groups excluding carboxylic acids is 2. The Morgan fingerprint density at radius 3 is 2.52 bits per heavy atom. The van der Waals surface area contributed by atoms with Crippen LogP contribution in [0.2, 0.25) is 0 Å². The van der Waals surface area contributed by atoms with Gasteiger partial charge in [-0.25, -0.2) is 9.38 Å². The van der Waals surface area contributed by atoms with Gasteiger partial charge in [-0.15, -0.1) is 0 Å². The number of aliphatic imine (C=N–C) groups is 1. The number of hydrogen-bond donors (Lipinski definition) is 2. The van der Waals surface area contributed by atoms with E-state index in [1.165, 1.54) is 31.2 Å². The Hall–Kier alpha value is -3.02. The highest BCUT2D eigenvalue weighted by Crippen LogP contribution is 2.18. The summed E-state index contributed by atoms with van der Waals surface area (Å²) in [5.41, 5.74) is 7.29. The second kappa shape index (κ2) is 7.31. The van der Waals surface area contributed by atoms with Crippen LogP contribution in [0.1, 0.15) is 23.7 Å². The Balaban J connectivity index is 2.09. The molecule has 0 radical (unpaired) electrons. The average molecular weight is 313 g/mol. The standard InChI is InChI=1S/C17H16FN3O2/c1-11(22)20-14-3-2-4-15(9-14)21-17(19)10-16(23)12-5-7-13(18)8-6-12/h2-9H,10H2,1H3,(H2,19,21)(H,20,22). The van der Waals surface area contributed by atoms with Crippen molar-refractivity contribution in [3.05, 3.63) is 59.9 Å². The number of halogens is 1. The van der Waals surface area contributed by atoms with Crippen molar-refractivity contribution < 1.29 is 14.0 Å². The fourth-order valence-electron chi connectivity index (χ4n) is 1.96.